The van der Waals surface area contributed by atoms with Crippen molar-refractivity contribution < 1.29 is 4.79 Å². The highest BCUT2D eigenvalue weighted by atomic mass is 32.2. The van der Waals surface area contributed by atoms with Crippen LogP contribution in [0.1, 0.15) is 53.4 Å². The van der Waals surface area contributed by atoms with E-state index in [2.05, 4.69) is 15.3 Å². The molecule has 1 aromatic carbocycles. The number of hydrogen-bond donors (Lipinski definition) is 2. The predicted molar refractivity (Wildman–Crippen MR) is 118 cm³/mol. The molecule has 0 aliphatic carbocycles. The van der Waals surface area contributed by atoms with E-state index in [-0.39, 0.29) is 22.8 Å². The first kappa shape index (κ1) is 20.6. The average molecular weight is 416 g/mol. The van der Waals surface area contributed by atoms with E-state index in [1.165, 1.54) is 0 Å². The van der Waals surface area contributed by atoms with Gasteiger partial charge in [-0.3, -0.25) is 9.59 Å². The van der Waals surface area contributed by atoms with Crippen LogP contribution >= 0.6 is 23.1 Å². The van der Waals surface area contributed by atoms with Crippen LogP contribution < -0.4 is 10.9 Å². The van der Waals surface area contributed by atoms with E-state index in [0.717, 1.165) is 20.8 Å². The number of carbonyl (C=O) groups excluding carboxylic acids is 1. The molecule has 0 saturated carbocycles. The van der Waals surface area contributed by atoms with Gasteiger partial charge < -0.3 is 10.3 Å². The minimum atomic E-state index is -0.0799. The average Bonchev–Trinajstić information content (AvgIpc) is 2.96. The van der Waals surface area contributed by atoms with Gasteiger partial charge in [-0.2, -0.15) is 11.8 Å². The fourth-order valence-corrected chi connectivity index (χ4v) is 4.97. The van der Waals surface area contributed by atoms with Crippen molar-refractivity contribution in [2.24, 2.45) is 0 Å². The molecule has 28 heavy (non-hydrogen) atoms. The summed E-state index contributed by atoms with van der Waals surface area (Å²) < 4.78 is 0. The molecule has 0 fully saturated rings. The Morgan fingerprint density at radius 1 is 1.25 bits per heavy atom. The number of amides is 1. The molecule has 0 radical (unpaired) electrons. The molecule has 3 aromatic rings. The number of fused-ring (bicyclic) bond motifs is 1. The second-order valence-corrected chi connectivity index (χ2v) is 9.53. The Labute approximate surface area is 173 Å². The van der Waals surface area contributed by atoms with Gasteiger partial charge in [0.1, 0.15) is 10.7 Å². The van der Waals surface area contributed by atoms with E-state index >= 15 is 0 Å². The van der Waals surface area contributed by atoms with Crippen molar-refractivity contribution in [2.75, 3.05) is 5.75 Å². The summed E-state index contributed by atoms with van der Waals surface area (Å²) in [4.78, 5) is 34.1. The van der Waals surface area contributed by atoms with Crippen LogP contribution in [0, 0.1) is 13.8 Å². The number of rotatable bonds is 7. The molecular weight excluding hydrogens is 390 g/mol. The van der Waals surface area contributed by atoms with E-state index in [1.54, 1.807) is 23.1 Å². The summed E-state index contributed by atoms with van der Waals surface area (Å²) in [6, 6.07) is 9.90. The standard InChI is InChI=1S/C21H25N3O2S2/c1-12-14(3)28-21-18(12)20(26)23-19(24-21)15(4)27-11-10-17(25)22-13(2)16-8-6-5-7-9-16/h5-9,13,15H,10-11H2,1-4H3,(H,22,25)(H,23,24,26)/t13-,15-/m0/s1. The Hall–Kier alpha value is -2.12. The highest BCUT2D eigenvalue weighted by Crippen LogP contribution is 2.30. The first-order valence-corrected chi connectivity index (χ1v) is 11.2. The van der Waals surface area contributed by atoms with Gasteiger partial charge >= 0.3 is 0 Å². The molecule has 0 aliphatic rings. The molecule has 2 heterocycles. The Morgan fingerprint density at radius 3 is 2.68 bits per heavy atom. The second-order valence-electron chi connectivity index (χ2n) is 6.88. The minimum absolute atomic E-state index is 0.0122. The van der Waals surface area contributed by atoms with Crippen molar-refractivity contribution in [3.05, 3.63) is 62.5 Å². The Bertz CT molecular complexity index is 1030. The second kappa shape index (κ2) is 8.92. The van der Waals surface area contributed by atoms with Crippen molar-refractivity contribution in [3.63, 3.8) is 0 Å². The molecule has 0 saturated heterocycles. The van der Waals surface area contributed by atoms with Gasteiger partial charge in [0.05, 0.1) is 16.7 Å². The highest BCUT2D eigenvalue weighted by molar-refractivity contribution is 7.99. The third-order valence-corrected chi connectivity index (χ3v) is 7.08. The monoisotopic (exact) mass is 415 g/mol. The maximum absolute atomic E-state index is 12.4. The molecule has 3 rings (SSSR count). The lowest BCUT2D eigenvalue weighted by atomic mass is 10.1. The van der Waals surface area contributed by atoms with Gasteiger partial charge in [-0.15, -0.1) is 11.3 Å². The predicted octanol–water partition coefficient (Wildman–Crippen LogP) is 4.66. The smallest absolute Gasteiger partial charge is 0.259 e. The number of hydrogen-bond acceptors (Lipinski definition) is 5. The fraction of sp³-hybridized carbons (Fsp3) is 0.381. The zero-order valence-corrected chi connectivity index (χ0v) is 18.2. The molecule has 7 heteroatoms. The summed E-state index contributed by atoms with van der Waals surface area (Å²) in [6.45, 7) is 7.95. The lowest BCUT2D eigenvalue weighted by Gasteiger charge is -2.15. The first-order valence-electron chi connectivity index (χ1n) is 9.32. The van der Waals surface area contributed by atoms with Crippen molar-refractivity contribution >= 4 is 39.2 Å². The van der Waals surface area contributed by atoms with Crippen LogP contribution in [-0.4, -0.2) is 21.6 Å². The maximum atomic E-state index is 12.4. The number of aromatic amines is 1. The van der Waals surface area contributed by atoms with Gasteiger partial charge in [-0.1, -0.05) is 30.3 Å². The largest absolute Gasteiger partial charge is 0.350 e. The summed E-state index contributed by atoms with van der Waals surface area (Å²) in [7, 11) is 0. The molecule has 0 aliphatic heterocycles. The molecule has 0 bridgehead atoms. The van der Waals surface area contributed by atoms with Crippen LogP contribution in [0.3, 0.4) is 0 Å². The van der Waals surface area contributed by atoms with Crippen LogP contribution in [0.15, 0.2) is 35.1 Å². The van der Waals surface area contributed by atoms with Crippen LogP contribution in [0.4, 0.5) is 0 Å². The third-order valence-electron chi connectivity index (χ3n) is 4.82. The van der Waals surface area contributed by atoms with Crippen LogP contribution in [0.25, 0.3) is 10.2 Å². The number of nitrogens with one attached hydrogen (secondary N) is 2. The number of thiophene rings is 1. The van der Waals surface area contributed by atoms with E-state index in [1.807, 2.05) is 58.0 Å². The number of H-pyrrole nitrogens is 1. The van der Waals surface area contributed by atoms with Crippen molar-refractivity contribution in [3.8, 4) is 0 Å². The summed E-state index contributed by atoms with van der Waals surface area (Å²) in [6.07, 6.45) is 0.426. The highest BCUT2D eigenvalue weighted by Gasteiger charge is 2.16. The molecule has 2 aromatic heterocycles. The Morgan fingerprint density at radius 2 is 1.96 bits per heavy atom. The molecule has 0 unspecified atom stereocenters. The molecular formula is C21H25N3O2S2. The number of benzene rings is 1. The lowest BCUT2D eigenvalue weighted by Crippen LogP contribution is -2.26. The Kier molecular flexibility index (Phi) is 6.57. The van der Waals surface area contributed by atoms with Gasteiger partial charge in [-0.25, -0.2) is 4.98 Å². The quantitative estimate of drug-likeness (QED) is 0.588. The molecule has 2 N–H and O–H groups in total. The summed E-state index contributed by atoms with van der Waals surface area (Å²) in [5, 5.41) is 3.73. The summed E-state index contributed by atoms with van der Waals surface area (Å²) in [5.74, 6) is 1.36. The van der Waals surface area contributed by atoms with Crippen molar-refractivity contribution in [1.29, 1.82) is 0 Å². The zero-order chi connectivity index (χ0) is 20.3. The van der Waals surface area contributed by atoms with Crippen LogP contribution in [0.2, 0.25) is 0 Å². The van der Waals surface area contributed by atoms with Gasteiger partial charge in [0.25, 0.3) is 5.56 Å². The molecule has 5 nitrogen and oxygen atoms in total. The third kappa shape index (κ3) is 4.64. The number of nitrogens with zero attached hydrogens (tertiary/aromatic N) is 1. The van der Waals surface area contributed by atoms with E-state index < -0.39 is 0 Å². The lowest BCUT2D eigenvalue weighted by molar-refractivity contribution is -0.121. The Balaban J connectivity index is 1.55. The van der Waals surface area contributed by atoms with E-state index in [0.29, 0.717) is 23.4 Å². The SMILES string of the molecule is Cc1sc2nc([C@H](C)SCCC(=O)N[C@@H](C)c3ccccc3)[nH]c(=O)c2c1C. The molecule has 1 amide bonds. The van der Waals surface area contributed by atoms with E-state index in [9.17, 15) is 9.59 Å². The van der Waals surface area contributed by atoms with Crippen LogP contribution in [-0.2, 0) is 4.79 Å². The van der Waals surface area contributed by atoms with Gasteiger partial charge in [0.15, 0.2) is 0 Å². The number of carbonyl (C=O) groups is 1. The van der Waals surface area contributed by atoms with Gasteiger partial charge in [0, 0.05) is 17.1 Å². The number of aromatic nitrogens is 2. The zero-order valence-electron chi connectivity index (χ0n) is 16.5. The van der Waals surface area contributed by atoms with E-state index in [4.69, 9.17) is 0 Å². The normalized spacial score (nSPS) is 13.4. The topological polar surface area (TPSA) is 74.8 Å². The molecule has 148 valence electrons. The first-order chi connectivity index (χ1) is 13.4. The molecule has 2 atom stereocenters. The summed E-state index contributed by atoms with van der Waals surface area (Å²) in [5.41, 5.74) is 2.02. The summed E-state index contributed by atoms with van der Waals surface area (Å²) >= 11 is 3.17. The van der Waals surface area contributed by atoms with Crippen molar-refractivity contribution in [2.45, 2.75) is 45.4 Å². The van der Waals surface area contributed by atoms with Crippen molar-refractivity contribution in [1.82, 2.24) is 15.3 Å². The fourth-order valence-electron chi connectivity index (χ4n) is 3.01. The van der Waals surface area contributed by atoms with Gasteiger partial charge in [-0.05, 0) is 38.8 Å². The van der Waals surface area contributed by atoms with Gasteiger partial charge in [0.2, 0.25) is 5.91 Å². The maximum Gasteiger partial charge on any atom is 0.259 e. The number of aryl methyl sites for hydroxylation is 2. The number of thioether (sulfide) groups is 1. The minimum Gasteiger partial charge on any atom is -0.350 e. The van der Waals surface area contributed by atoms with Crippen LogP contribution in [0.5, 0.6) is 0 Å². The molecule has 0 spiro atoms.